The molecule has 1 aromatic rings. The number of nitrogens with zero attached hydrogens (tertiary/aromatic N) is 1. The molecular formula is C10H10N2O2. The van der Waals surface area contributed by atoms with Gasteiger partial charge in [-0.05, 0) is 0 Å². The molecule has 0 saturated heterocycles. The van der Waals surface area contributed by atoms with Crippen molar-refractivity contribution in [2.24, 2.45) is 5.16 Å². The smallest absolute Gasteiger partial charge is 0.273 e. The van der Waals surface area contributed by atoms with E-state index in [0.29, 0.717) is 12.3 Å². The monoisotopic (exact) mass is 190 g/mol. The van der Waals surface area contributed by atoms with Gasteiger partial charge in [0.2, 0.25) is 0 Å². The fourth-order valence-electron chi connectivity index (χ4n) is 1.37. The molecule has 0 unspecified atom stereocenters. The molecule has 14 heavy (non-hydrogen) atoms. The van der Waals surface area contributed by atoms with Crippen molar-refractivity contribution >= 4 is 11.6 Å². The van der Waals surface area contributed by atoms with Crippen LogP contribution in [0.4, 0.5) is 0 Å². The first-order valence-electron chi connectivity index (χ1n) is 4.33. The van der Waals surface area contributed by atoms with Gasteiger partial charge in [-0.1, -0.05) is 29.4 Å². The van der Waals surface area contributed by atoms with E-state index in [-0.39, 0.29) is 5.91 Å². The van der Waals surface area contributed by atoms with Crippen molar-refractivity contribution in [2.45, 2.75) is 6.61 Å². The van der Waals surface area contributed by atoms with Crippen LogP contribution in [-0.4, -0.2) is 18.7 Å². The fourth-order valence-corrected chi connectivity index (χ4v) is 1.37. The van der Waals surface area contributed by atoms with Gasteiger partial charge in [-0.3, -0.25) is 4.79 Å². The molecule has 0 fully saturated rings. The quantitative estimate of drug-likeness (QED) is 0.707. The lowest BCUT2D eigenvalue weighted by atomic mass is 10.0. The summed E-state index contributed by atoms with van der Waals surface area (Å²) in [5.74, 6) is -0.225. The van der Waals surface area contributed by atoms with Gasteiger partial charge < -0.3 is 10.2 Å². The van der Waals surface area contributed by atoms with Crippen LogP contribution in [0.5, 0.6) is 0 Å². The molecule has 4 nitrogen and oxygen atoms in total. The minimum absolute atomic E-state index is 0.225. The number of fused-ring (bicyclic) bond motifs is 1. The Hall–Kier alpha value is -1.84. The molecule has 0 aliphatic carbocycles. The fraction of sp³-hybridized carbons (Fsp3) is 0.200. The van der Waals surface area contributed by atoms with Crippen LogP contribution >= 0.6 is 0 Å². The van der Waals surface area contributed by atoms with E-state index < -0.39 is 0 Å². The predicted octanol–water partition coefficient (Wildman–Crippen LogP) is 0.667. The normalized spacial score (nSPS) is 13.6. The van der Waals surface area contributed by atoms with Gasteiger partial charge in [0.05, 0.1) is 0 Å². The van der Waals surface area contributed by atoms with Crippen molar-refractivity contribution < 1.29 is 9.63 Å². The van der Waals surface area contributed by atoms with Gasteiger partial charge in [0.1, 0.15) is 6.61 Å². The Balaban J connectivity index is 2.45. The molecule has 2 rings (SSSR count). The van der Waals surface area contributed by atoms with Crippen LogP contribution < -0.4 is 5.32 Å². The average molecular weight is 190 g/mol. The number of hydrogen-bond donors (Lipinski definition) is 1. The highest BCUT2D eigenvalue weighted by molar-refractivity contribution is 6.45. The second kappa shape index (κ2) is 3.49. The summed E-state index contributed by atoms with van der Waals surface area (Å²) in [5, 5.41) is 6.27. The van der Waals surface area contributed by atoms with Crippen LogP contribution in [0.1, 0.15) is 11.1 Å². The second-order valence-corrected chi connectivity index (χ2v) is 2.95. The van der Waals surface area contributed by atoms with Crippen LogP contribution in [0.25, 0.3) is 0 Å². The topological polar surface area (TPSA) is 50.7 Å². The number of likely N-dealkylation sites (N-methyl/N-ethyl adjacent to an activating group) is 1. The Morgan fingerprint density at radius 2 is 2.29 bits per heavy atom. The molecule has 1 aliphatic heterocycles. The molecule has 1 aliphatic rings. The third-order valence-electron chi connectivity index (χ3n) is 2.09. The van der Waals surface area contributed by atoms with Crippen molar-refractivity contribution in [1.29, 1.82) is 0 Å². The van der Waals surface area contributed by atoms with E-state index in [1.165, 1.54) is 0 Å². The first kappa shape index (κ1) is 8.74. The van der Waals surface area contributed by atoms with E-state index in [9.17, 15) is 4.79 Å². The summed E-state index contributed by atoms with van der Waals surface area (Å²) < 4.78 is 0. The first-order valence-corrected chi connectivity index (χ1v) is 4.33. The summed E-state index contributed by atoms with van der Waals surface area (Å²) in [7, 11) is 1.57. The maximum absolute atomic E-state index is 11.4. The minimum atomic E-state index is -0.225. The van der Waals surface area contributed by atoms with Crippen LogP contribution in [0.3, 0.4) is 0 Å². The predicted molar refractivity (Wildman–Crippen MR) is 51.8 cm³/mol. The van der Waals surface area contributed by atoms with Gasteiger partial charge >= 0.3 is 0 Å². The molecule has 1 N–H and O–H groups in total. The van der Waals surface area contributed by atoms with E-state index in [0.717, 1.165) is 11.1 Å². The van der Waals surface area contributed by atoms with E-state index in [1.54, 1.807) is 7.05 Å². The number of rotatable bonds is 1. The van der Waals surface area contributed by atoms with Gasteiger partial charge in [0.25, 0.3) is 5.91 Å². The highest BCUT2D eigenvalue weighted by atomic mass is 16.6. The number of oxime groups is 1. The highest BCUT2D eigenvalue weighted by Crippen LogP contribution is 2.16. The second-order valence-electron chi connectivity index (χ2n) is 2.95. The third-order valence-corrected chi connectivity index (χ3v) is 2.09. The van der Waals surface area contributed by atoms with E-state index >= 15 is 0 Å². The highest BCUT2D eigenvalue weighted by Gasteiger charge is 2.20. The number of carbonyl (C=O) groups excluding carboxylic acids is 1. The van der Waals surface area contributed by atoms with Crippen molar-refractivity contribution in [2.75, 3.05) is 7.05 Å². The molecule has 1 heterocycles. The molecular weight excluding hydrogens is 180 g/mol. The summed E-state index contributed by atoms with van der Waals surface area (Å²) in [6.07, 6.45) is 0. The standard InChI is InChI=1S/C10H10N2O2/c1-11-10(13)9-8-5-3-2-4-7(8)6-14-12-9/h2-5H,6H2,1H3,(H,11,13). The summed E-state index contributed by atoms with van der Waals surface area (Å²) in [6, 6.07) is 7.58. The molecule has 0 atom stereocenters. The lowest BCUT2D eigenvalue weighted by molar-refractivity contribution is -0.114. The molecule has 0 spiro atoms. The van der Waals surface area contributed by atoms with Crippen molar-refractivity contribution in [3.8, 4) is 0 Å². The van der Waals surface area contributed by atoms with Crippen LogP contribution in [0.2, 0.25) is 0 Å². The first-order chi connectivity index (χ1) is 6.83. The van der Waals surface area contributed by atoms with Crippen LogP contribution in [-0.2, 0) is 16.2 Å². The number of benzene rings is 1. The molecule has 1 aromatic carbocycles. The van der Waals surface area contributed by atoms with E-state index in [1.807, 2.05) is 24.3 Å². The summed E-state index contributed by atoms with van der Waals surface area (Å²) in [4.78, 5) is 16.4. The van der Waals surface area contributed by atoms with Crippen LogP contribution in [0.15, 0.2) is 29.4 Å². The Bertz CT molecular complexity index is 399. The number of nitrogens with one attached hydrogen (secondary N) is 1. The molecule has 72 valence electrons. The number of carbonyl (C=O) groups is 1. The maximum Gasteiger partial charge on any atom is 0.273 e. The molecule has 1 amide bonds. The van der Waals surface area contributed by atoms with Gasteiger partial charge in [-0.2, -0.15) is 0 Å². The van der Waals surface area contributed by atoms with Crippen molar-refractivity contribution in [3.63, 3.8) is 0 Å². The van der Waals surface area contributed by atoms with Crippen molar-refractivity contribution in [1.82, 2.24) is 5.32 Å². The van der Waals surface area contributed by atoms with Crippen LogP contribution in [0, 0.1) is 0 Å². The average Bonchev–Trinajstić information content (AvgIpc) is 2.27. The van der Waals surface area contributed by atoms with Gasteiger partial charge in [-0.15, -0.1) is 0 Å². The molecule has 0 bridgehead atoms. The summed E-state index contributed by atoms with van der Waals surface area (Å²) in [5.41, 5.74) is 2.17. The Morgan fingerprint density at radius 3 is 3.07 bits per heavy atom. The van der Waals surface area contributed by atoms with Crippen molar-refractivity contribution in [3.05, 3.63) is 35.4 Å². The zero-order valence-corrected chi connectivity index (χ0v) is 7.78. The van der Waals surface area contributed by atoms with E-state index in [2.05, 4.69) is 10.5 Å². The Morgan fingerprint density at radius 1 is 1.50 bits per heavy atom. The maximum atomic E-state index is 11.4. The largest absolute Gasteiger partial charge is 0.390 e. The number of hydrogen-bond acceptors (Lipinski definition) is 3. The zero-order chi connectivity index (χ0) is 9.97. The lowest BCUT2D eigenvalue weighted by Gasteiger charge is -2.14. The molecule has 0 saturated carbocycles. The molecule has 0 aromatic heterocycles. The SMILES string of the molecule is CNC(=O)C1=NOCc2ccccc21. The van der Waals surface area contributed by atoms with Gasteiger partial charge in [0.15, 0.2) is 5.71 Å². The Labute approximate surface area is 81.6 Å². The van der Waals surface area contributed by atoms with Gasteiger partial charge in [0, 0.05) is 18.2 Å². The summed E-state index contributed by atoms with van der Waals surface area (Å²) >= 11 is 0. The number of amides is 1. The van der Waals surface area contributed by atoms with Gasteiger partial charge in [-0.25, -0.2) is 0 Å². The minimum Gasteiger partial charge on any atom is -0.390 e. The zero-order valence-electron chi connectivity index (χ0n) is 7.78. The Kier molecular flexibility index (Phi) is 2.18. The third kappa shape index (κ3) is 1.35. The molecule has 0 radical (unpaired) electrons. The molecule has 4 heteroatoms. The van der Waals surface area contributed by atoms with E-state index in [4.69, 9.17) is 4.84 Å². The summed E-state index contributed by atoms with van der Waals surface area (Å²) in [6.45, 7) is 0.427. The lowest BCUT2D eigenvalue weighted by Crippen LogP contribution is -2.30.